The minimum absolute atomic E-state index is 0.205. The van der Waals surface area contributed by atoms with E-state index in [4.69, 9.17) is 9.47 Å². The number of nitrogens with zero attached hydrogens (tertiary/aromatic N) is 1. The maximum atomic E-state index is 14.4. The van der Waals surface area contributed by atoms with Crippen LogP contribution in [0.3, 0.4) is 0 Å². The van der Waals surface area contributed by atoms with E-state index in [0.717, 1.165) is 24.2 Å². The number of piperidine rings is 1. The van der Waals surface area contributed by atoms with E-state index in [-0.39, 0.29) is 17.9 Å². The van der Waals surface area contributed by atoms with Gasteiger partial charge in [0.2, 0.25) is 0 Å². The van der Waals surface area contributed by atoms with Crippen LogP contribution in [-0.4, -0.2) is 35.8 Å². The number of para-hydroxylation sites is 1. The molecule has 1 N–H and O–H groups in total. The summed E-state index contributed by atoms with van der Waals surface area (Å²) >= 11 is 0. The lowest BCUT2D eigenvalue weighted by Crippen LogP contribution is -2.49. The molecular formula is C24H28FNO3. The third-order valence-electron chi connectivity index (χ3n) is 6.27. The number of halogens is 1. The largest absolute Gasteiger partial charge is 0.493 e. The van der Waals surface area contributed by atoms with Gasteiger partial charge in [-0.05, 0) is 37.8 Å². The molecule has 0 amide bonds. The van der Waals surface area contributed by atoms with Gasteiger partial charge in [0.25, 0.3) is 0 Å². The molecule has 2 heterocycles. The van der Waals surface area contributed by atoms with Gasteiger partial charge in [0, 0.05) is 29.8 Å². The zero-order valence-corrected chi connectivity index (χ0v) is 16.8. The van der Waals surface area contributed by atoms with E-state index in [2.05, 4.69) is 17.5 Å². The fourth-order valence-electron chi connectivity index (χ4n) is 4.98. The lowest BCUT2D eigenvalue weighted by Gasteiger charge is -2.44. The molecule has 2 atom stereocenters. The molecule has 2 aromatic carbocycles. The van der Waals surface area contributed by atoms with Gasteiger partial charge < -0.3 is 14.6 Å². The van der Waals surface area contributed by atoms with Crippen molar-refractivity contribution < 1.29 is 19.0 Å². The van der Waals surface area contributed by atoms with Crippen molar-refractivity contribution in [3.8, 4) is 11.5 Å². The van der Waals surface area contributed by atoms with Gasteiger partial charge in [0.05, 0.1) is 12.7 Å². The molecule has 154 valence electrons. The van der Waals surface area contributed by atoms with E-state index < -0.39 is 5.60 Å². The van der Waals surface area contributed by atoms with Crippen molar-refractivity contribution in [1.29, 1.82) is 0 Å². The summed E-state index contributed by atoms with van der Waals surface area (Å²) in [6.07, 6.45) is 4.81. The topological polar surface area (TPSA) is 41.9 Å². The Bertz CT molecular complexity index is 870. The van der Waals surface area contributed by atoms with Crippen LogP contribution in [0.2, 0.25) is 0 Å². The Morgan fingerprint density at radius 3 is 2.55 bits per heavy atom. The van der Waals surface area contributed by atoms with Crippen molar-refractivity contribution >= 4 is 0 Å². The molecular weight excluding hydrogens is 369 g/mol. The van der Waals surface area contributed by atoms with Crippen LogP contribution in [0.5, 0.6) is 11.5 Å². The molecule has 29 heavy (non-hydrogen) atoms. The van der Waals surface area contributed by atoms with E-state index in [0.29, 0.717) is 37.3 Å². The standard InChI is InChI=1S/C24H28FNO3/c1-3-13-29-23-17(7-6-10-22(23)28-2)16-26-18-11-12-19(26)15-24(27,14-18)20-8-4-5-9-21(20)25/h3-10,18-19,27H,1,11-16H2,2H3/t18-,19-/m0/s1. The van der Waals surface area contributed by atoms with Crippen molar-refractivity contribution in [2.75, 3.05) is 13.7 Å². The fraction of sp³-hybridized carbons (Fsp3) is 0.417. The Kier molecular flexibility index (Phi) is 5.61. The Labute approximate surface area is 171 Å². The first-order valence-corrected chi connectivity index (χ1v) is 10.2. The average Bonchev–Trinajstić information content (AvgIpc) is 2.96. The quantitative estimate of drug-likeness (QED) is 0.703. The number of hydrogen-bond acceptors (Lipinski definition) is 4. The van der Waals surface area contributed by atoms with Gasteiger partial charge in [0.15, 0.2) is 11.5 Å². The van der Waals surface area contributed by atoms with E-state index in [1.165, 1.54) is 6.07 Å². The molecule has 4 rings (SSSR count). The second kappa shape index (κ2) is 8.17. The van der Waals surface area contributed by atoms with Crippen LogP contribution in [-0.2, 0) is 12.1 Å². The van der Waals surface area contributed by atoms with Gasteiger partial charge in [-0.3, -0.25) is 4.90 Å². The van der Waals surface area contributed by atoms with Crippen LogP contribution in [0.1, 0.15) is 36.8 Å². The molecule has 0 unspecified atom stereocenters. The Morgan fingerprint density at radius 2 is 1.90 bits per heavy atom. The molecule has 0 spiro atoms. The fourth-order valence-corrected chi connectivity index (χ4v) is 4.98. The number of methoxy groups -OCH3 is 1. The van der Waals surface area contributed by atoms with Crippen LogP contribution >= 0.6 is 0 Å². The first kappa shape index (κ1) is 19.9. The van der Waals surface area contributed by atoms with Crippen LogP contribution in [0.4, 0.5) is 4.39 Å². The number of benzene rings is 2. The molecule has 2 aliphatic rings. The van der Waals surface area contributed by atoms with Gasteiger partial charge in [0.1, 0.15) is 12.4 Å². The summed E-state index contributed by atoms with van der Waals surface area (Å²) < 4.78 is 25.8. The van der Waals surface area contributed by atoms with E-state index >= 15 is 0 Å². The SMILES string of the molecule is C=CCOc1c(CN2[C@H]3CC[C@H]2CC(O)(c2ccccc2F)C3)cccc1OC. The van der Waals surface area contributed by atoms with Gasteiger partial charge in [-0.15, -0.1) is 0 Å². The van der Waals surface area contributed by atoms with E-state index in [1.54, 1.807) is 31.4 Å². The van der Waals surface area contributed by atoms with Crippen LogP contribution in [0.25, 0.3) is 0 Å². The molecule has 5 heteroatoms. The third kappa shape index (κ3) is 3.77. The Balaban J connectivity index is 1.57. The van der Waals surface area contributed by atoms with Crippen LogP contribution in [0.15, 0.2) is 55.1 Å². The summed E-state index contributed by atoms with van der Waals surface area (Å²) in [6.45, 7) is 4.85. The second-order valence-electron chi connectivity index (χ2n) is 8.03. The van der Waals surface area contributed by atoms with Gasteiger partial charge in [-0.25, -0.2) is 4.39 Å². The minimum Gasteiger partial charge on any atom is -0.493 e. The molecule has 2 aromatic rings. The molecule has 0 aromatic heterocycles. The number of ether oxygens (including phenoxy) is 2. The van der Waals surface area contributed by atoms with Crippen molar-refractivity contribution in [2.45, 2.75) is 49.9 Å². The molecule has 0 saturated carbocycles. The summed E-state index contributed by atoms with van der Waals surface area (Å²) in [5, 5.41) is 11.3. The summed E-state index contributed by atoms with van der Waals surface area (Å²) in [5.41, 5.74) is 0.372. The second-order valence-corrected chi connectivity index (χ2v) is 8.03. The molecule has 0 aliphatic carbocycles. The summed E-state index contributed by atoms with van der Waals surface area (Å²) in [5.74, 6) is 1.12. The highest BCUT2D eigenvalue weighted by atomic mass is 19.1. The van der Waals surface area contributed by atoms with Crippen molar-refractivity contribution in [3.63, 3.8) is 0 Å². The van der Waals surface area contributed by atoms with Crippen molar-refractivity contribution in [1.82, 2.24) is 4.90 Å². The number of hydrogen-bond donors (Lipinski definition) is 1. The number of rotatable bonds is 7. The first-order valence-electron chi connectivity index (χ1n) is 10.2. The monoisotopic (exact) mass is 397 g/mol. The zero-order chi connectivity index (χ0) is 20.4. The van der Waals surface area contributed by atoms with E-state index in [1.807, 2.05) is 12.1 Å². The predicted molar refractivity (Wildman–Crippen MR) is 111 cm³/mol. The smallest absolute Gasteiger partial charge is 0.166 e. The lowest BCUT2D eigenvalue weighted by molar-refractivity contribution is -0.0617. The number of aliphatic hydroxyl groups is 1. The van der Waals surface area contributed by atoms with E-state index in [9.17, 15) is 9.50 Å². The van der Waals surface area contributed by atoms with Crippen LogP contribution in [0, 0.1) is 5.82 Å². The summed E-state index contributed by atoms with van der Waals surface area (Å²) in [4.78, 5) is 2.44. The lowest BCUT2D eigenvalue weighted by atomic mass is 9.80. The highest BCUT2D eigenvalue weighted by Gasteiger charge is 2.49. The normalized spacial score (nSPS) is 26.3. The molecule has 4 nitrogen and oxygen atoms in total. The van der Waals surface area contributed by atoms with Crippen molar-refractivity contribution in [3.05, 3.63) is 72.1 Å². The predicted octanol–water partition coefficient (Wildman–Crippen LogP) is 4.41. The Morgan fingerprint density at radius 1 is 1.17 bits per heavy atom. The number of fused-ring (bicyclic) bond motifs is 2. The third-order valence-corrected chi connectivity index (χ3v) is 6.27. The van der Waals surface area contributed by atoms with Crippen LogP contribution < -0.4 is 9.47 Å². The summed E-state index contributed by atoms with van der Waals surface area (Å²) in [7, 11) is 1.64. The van der Waals surface area contributed by atoms with Gasteiger partial charge in [-0.2, -0.15) is 0 Å². The van der Waals surface area contributed by atoms with Gasteiger partial charge in [-0.1, -0.05) is 43.0 Å². The zero-order valence-electron chi connectivity index (χ0n) is 16.8. The molecule has 2 fully saturated rings. The maximum absolute atomic E-state index is 14.4. The molecule has 2 saturated heterocycles. The Hall–Kier alpha value is -2.37. The molecule has 2 bridgehead atoms. The summed E-state index contributed by atoms with van der Waals surface area (Å²) in [6, 6.07) is 12.9. The first-order chi connectivity index (χ1) is 14.1. The average molecular weight is 397 g/mol. The highest BCUT2D eigenvalue weighted by Crippen LogP contribution is 2.47. The molecule has 0 radical (unpaired) electrons. The molecule has 2 aliphatic heterocycles. The highest BCUT2D eigenvalue weighted by molar-refractivity contribution is 5.47. The van der Waals surface area contributed by atoms with Crippen molar-refractivity contribution in [2.24, 2.45) is 0 Å². The minimum atomic E-state index is -1.11. The van der Waals surface area contributed by atoms with Gasteiger partial charge >= 0.3 is 0 Å². The maximum Gasteiger partial charge on any atom is 0.166 e.